The van der Waals surface area contributed by atoms with Gasteiger partial charge >= 0.3 is 14.2 Å². The third-order valence-corrected chi connectivity index (χ3v) is 9.37. The molecule has 0 spiro atoms. The lowest BCUT2D eigenvalue weighted by Crippen LogP contribution is -2.37. The van der Waals surface area contributed by atoms with Gasteiger partial charge in [-0.15, -0.1) is 0 Å². The molecule has 10 heteroatoms. The molecule has 3 aromatic carbocycles. The molecule has 0 fully saturated rings. The topological polar surface area (TPSA) is 125 Å². The molecule has 4 N–H and O–H groups in total. The van der Waals surface area contributed by atoms with Gasteiger partial charge in [-0.3, -0.25) is 0 Å². The zero-order valence-electron chi connectivity index (χ0n) is 30.8. The normalized spacial score (nSPS) is 12.8. The van der Waals surface area contributed by atoms with Crippen LogP contribution in [0, 0.1) is 23.7 Å². The largest absolute Gasteiger partial charge is 0.494 e. The van der Waals surface area contributed by atoms with Crippen molar-refractivity contribution >= 4 is 36.2 Å². The maximum atomic E-state index is 10.2. The fraction of sp³-hybridized carbons (Fsp3) is 0.500. The van der Waals surface area contributed by atoms with Crippen LogP contribution in [0.1, 0.15) is 92.9 Å². The van der Waals surface area contributed by atoms with Crippen LogP contribution in [0.2, 0.25) is 0 Å². The predicted molar refractivity (Wildman–Crippen MR) is 206 cm³/mol. The van der Waals surface area contributed by atoms with E-state index >= 15 is 0 Å². The molecule has 0 aliphatic heterocycles. The van der Waals surface area contributed by atoms with Crippen LogP contribution in [0.4, 0.5) is 0 Å². The Morgan fingerprint density at radius 2 is 0.940 bits per heavy atom. The minimum absolute atomic E-state index is 0.114. The molecule has 0 aliphatic rings. The van der Waals surface area contributed by atoms with Gasteiger partial charge in [-0.2, -0.15) is 0 Å². The number of aromatic nitrogens is 2. The van der Waals surface area contributed by atoms with Gasteiger partial charge in [-0.25, -0.2) is 9.97 Å². The van der Waals surface area contributed by atoms with Crippen LogP contribution in [0.3, 0.4) is 0 Å². The van der Waals surface area contributed by atoms with E-state index in [0.29, 0.717) is 47.9 Å². The molecule has 0 saturated carbocycles. The van der Waals surface area contributed by atoms with Gasteiger partial charge in [0.25, 0.3) is 0 Å². The van der Waals surface area contributed by atoms with Crippen LogP contribution >= 0.6 is 0 Å². The smallest absolute Gasteiger partial charge is 0.490 e. The quantitative estimate of drug-likeness (QED) is 0.0752. The SMILES string of the molecule is CC(C)CCCC(C)CCOc1cccc(-c2nc3c(B(O)O)ccc(B(O)O)c3nc2-c2cccc(OCCC(C)CCCC(C)C)c2)c1. The van der Waals surface area contributed by atoms with Crippen molar-refractivity contribution in [3.8, 4) is 34.0 Å². The van der Waals surface area contributed by atoms with E-state index < -0.39 is 14.2 Å². The summed E-state index contributed by atoms with van der Waals surface area (Å²) in [6, 6.07) is 18.2. The summed E-state index contributed by atoms with van der Waals surface area (Å²) < 4.78 is 12.4. The third-order valence-electron chi connectivity index (χ3n) is 9.37. The number of rotatable bonds is 20. The highest BCUT2D eigenvalue weighted by Crippen LogP contribution is 2.34. The minimum atomic E-state index is -1.84. The van der Waals surface area contributed by atoms with Gasteiger partial charge in [-0.05, 0) is 60.8 Å². The fourth-order valence-electron chi connectivity index (χ4n) is 6.25. The van der Waals surface area contributed by atoms with Crippen LogP contribution in [0.15, 0.2) is 60.7 Å². The van der Waals surface area contributed by atoms with Crippen LogP contribution < -0.4 is 20.4 Å². The van der Waals surface area contributed by atoms with E-state index in [2.05, 4.69) is 41.5 Å². The first-order valence-electron chi connectivity index (χ1n) is 18.5. The molecule has 268 valence electrons. The second-order valence-corrected chi connectivity index (χ2v) is 14.8. The molecule has 4 aromatic rings. The molecule has 0 saturated heterocycles. The molecule has 8 nitrogen and oxygen atoms in total. The Kier molecular flexibility index (Phi) is 15.2. The highest BCUT2D eigenvalue weighted by atomic mass is 16.5. The second-order valence-electron chi connectivity index (χ2n) is 14.8. The van der Waals surface area contributed by atoms with Crippen molar-refractivity contribution in [1.82, 2.24) is 9.97 Å². The summed E-state index contributed by atoms with van der Waals surface area (Å²) >= 11 is 0. The van der Waals surface area contributed by atoms with E-state index in [9.17, 15) is 20.1 Å². The van der Waals surface area contributed by atoms with E-state index in [1.807, 2.05) is 48.5 Å². The fourth-order valence-corrected chi connectivity index (χ4v) is 6.25. The summed E-state index contributed by atoms with van der Waals surface area (Å²) in [5.74, 6) is 3.97. The number of hydrogen-bond donors (Lipinski definition) is 4. The van der Waals surface area contributed by atoms with Crippen molar-refractivity contribution < 1.29 is 29.6 Å². The average molecular weight is 683 g/mol. The molecule has 0 amide bonds. The molecule has 4 rings (SSSR count). The molecule has 2 unspecified atom stereocenters. The van der Waals surface area contributed by atoms with Crippen LogP contribution in [0.25, 0.3) is 33.5 Å². The number of nitrogens with zero attached hydrogens (tertiary/aromatic N) is 2. The van der Waals surface area contributed by atoms with Gasteiger partial charge < -0.3 is 29.6 Å². The molecule has 1 heterocycles. The summed E-state index contributed by atoms with van der Waals surface area (Å²) in [4.78, 5) is 9.88. The van der Waals surface area contributed by atoms with E-state index in [1.54, 1.807) is 0 Å². The van der Waals surface area contributed by atoms with Gasteiger partial charge in [0.05, 0.1) is 35.6 Å². The zero-order chi connectivity index (χ0) is 36.2. The third kappa shape index (κ3) is 11.6. The van der Waals surface area contributed by atoms with Crippen molar-refractivity contribution in [3.63, 3.8) is 0 Å². The first-order chi connectivity index (χ1) is 23.9. The molecule has 0 aliphatic carbocycles. The first kappa shape index (κ1) is 39.4. The molecule has 2 atom stereocenters. The molecular weight excluding hydrogens is 626 g/mol. The van der Waals surface area contributed by atoms with Crippen molar-refractivity contribution in [2.24, 2.45) is 23.7 Å². The molecule has 1 aromatic heterocycles. The Bertz CT molecular complexity index is 1530. The molecule has 0 radical (unpaired) electrons. The lowest BCUT2D eigenvalue weighted by Gasteiger charge is -2.17. The summed E-state index contributed by atoms with van der Waals surface area (Å²) in [7, 11) is -3.67. The highest BCUT2D eigenvalue weighted by Gasteiger charge is 2.26. The van der Waals surface area contributed by atoms with Crippen LogP contribution in [-0.2, 0) is 0 Å². The van der Waals surface area contributed by atoms with Crippen LogP contribution in [-0.4, -0.2) is 57.5 Å². The Morgan fingerprint density at radius 3 is 1.30 bits per heavy atom. The minimum Gasteiger partial charge on any atom is -0.494 e. The van der Waals surface area contributed by atoms with E-state index in [-0.39, 0.29) is 22.0 Å². The Hall–Kier alpha value is -3.43. The summed E-state index contributed by atoms with van der Waals surface area (Å²) in [5.41, 5.74) is 3.01. The van der Waals surface area contributed by atoms with Crippen molar-refractivity contribution in [2.45, 2.75) is 92.9 Å². The van der Waals surface area contributed by atoms with Crippen molar-refractivity contribution in [2.75, 3.05) is 13.2 Å². The standard InChI is InChI=1S/C40H56B2N2O6/c1-27(2)11-7-13-29(5)21-23-49-33-17-9-15-31(25-33)37-38(44-40-36(42(47)48)20-19-35(41(45)46)39(40)43-37)32-16-10-18-34(26-32)50-24-22-30(6)14-8-12-28(3)4/h9-10,15-20,25-30,45-48H,7-8,11-14,21-24H2,1-6H3. The number of ether oxygens (including phenoxy) is 2. The molecule has 50 heavy (non-hydrogen) atoms. The Morgan fingerprint density at radius 1 is 0.540 bits per heavy atom. The Balaban J connectivity index is 1.66. The second kappa shape index (κ2) is 19.3. The Labute approximate surface area is 299 Å². The molecular formula is C40H56B2N2O6. The number of hydrogen-bond acceptors (Lipinski definition) is 8. The van der Waals surface area contributed by atoms with Gasteiger partial charge in [0.15, 0.2) is 0 Å². The van der Waals surface area contributed by atoms with Crippen molar-refractivity contribution in [3.05, 3.63) is 60.7 Å². The maximum absolute atomic E-state index is 10.2. The molecule has 0 bridgehead atoms. The van der Waals surface area contributed by atoms with Gasteiger partial charge in [-0.1, -0.05) is 116 Å². The monoisotopic (exact) mass is 682 g/mol. The van der Waals surface area contributed by atoms with Crippen molar-refractivity contribution in [1.29, 1.82) is 0 Å². The van der Waals surface area contributed by atoms with E-state index in [1.165, 1.54) is 50.7 Å². The first-order valence-corrected chi connectivity index (χ1v) is 18.5. The number of benzene rings is 3. The highest BCUT2D eigenvalue weighted by molar-refractivity contribution is 6.65. The average Bonchev–Trinajstić information content (AvgIpc) is 3.07. The van der Waals surface area contributed by atoms with E-state index in [0.717, 1.165) is 35.8 Å². The van der Waals surface area contributed by atoms with Gasteiger partial charge in [0.1, 0.15) is 11.5 Å². The summed E-state index contributed by atoms with van der Waals surface area (Å²) in [6.07, 6.45) is 9.20. The summed E-state index contributed by atoms with van der Waals surface area (Å²) in [6.45, 7) is 14.8. The van der Waals surface area contributed by atoms with Crippen LogP contribution in [0.5, 0.6) is 11.5 Å². The lowest BCUT2D eigenvalue weighted by atomic mass is 9.73. The zero-order valence-corrected chi connectivity index (χ0v) is 30.8. The van der Waals surface area contributed by atoms with E-state index in [4.69, 9.17) is 19.4 Å². The van der Waals surface area contributed by atoms with Gasteiger partial charge in [0.2, 0.25) is 0 Å². The maximum Gasteiger partial charge on any atom is 0.490 e. The van der Waals surface area contributed by atoms with Gasteiger partial charge in [0, 0.05) is 22.1 Å². The predicted octanol–water partition coefficient (Wildman–Crippen LogP) is 6.79. The lowest BCUT2D eigenvalue weighted by molar-refractivity contribution is 0.275. The number of fused-ring (bicyclic) bond motifs is 1. The summed E-state index contributed by atoms with van der Waals surface area (Å²) in [5, 5.41) is 40.9.